The van der Waals surface area contributed by atoms with Crippen molar-refractivity contribution < 1.29 is 23.8 Å². The Balaban J connectivity index is 1.30. The van der Waals surface area contributed by atoms with E-state index in [2.05, 4.69) is 27.5 Å². The first-order valence-corrected chi connectivity index (χ1v) is 15.3. The van der Waals surface area contributed by atoms with Gasteiger partial charge in [-0.3, -0.25) is 19.4 Å². The van der Waals surface area contributed by atoms with Crippen molar-refractivity contribution in [2.75, 3.05) is 13.2 Å². The smallest absolute Gasteiger partial charge is 0.407 e. The molecule has 10 heteroatoms. The normalized spacial score (nSPS) is 13.6. The zero-order chi connectivity index (χ0) is 31.1. The van der Waals surface area contributed by atoms with Crippen LogP contribution in [0.4, 0.5) is 4.79 Å². The number of hydrogen-bond acceptors (Lipinski definition) is 8. The van der Waals surface area contributed by atoms with Crippen LogP contribution in [0.2, 0.25) is 0 Å². The predicted molar refractivity (Wildman–Crippen MR) is 167 cm³/mol. The van der Waals surface area contributed by atoms with E-state index in [9.17, 15) is 9.59 Å². The number of benzene rings is 1. The fourth-order valence-electron chi connectivity index (χ4n) is 5.41. The number of pyridine rings is 2. The average Bonchev–Trinajstić information content (AvgIpc) is 3.41. The van der Waals surface area contributed by atoms with Crippen molar-refractivity contribution in [3.8, 4) is 5.75 Å². The lowest BCUT2D eigenvalue weighted by Gasteiger charge is -2.20. The number of nitrogens with one attached hydrogen (secondary N) is 1. The minimum Gasteiger partial charge on any atom is -0.493 e. The second-order valence-electron chi connectivity index (χ2n) is 12.0. The number of carbonyl (C=O) groups is 2. The maximum absolute atomic E-state index is 12.7. The topological polar surface area (TPSA) is 117 Å². The number of aromatic nitrogens is 4. The molecule has 1 aliphatic carbocycles. The Labute approximate surface area is 258 Å². The summed E-state index contributed by atoms with van der Waals surface area (Å²) in [5.74, 6) is 0.406. The van der Waals surface area contributed by atoms with E-state index in [4.69, 9.17) is 19.2 Å². The van der Waals surface area contributed by atoms with Gasteiger partial charge in [-0.25, -0.2) is 4.79 Å². The van der Waals surface area contributed by atoms with Gasteiger partial charge in [0.2, 0.25) is 0 Å². The van der Waals surface area contributed by atoms with E-state index in [0.29, 0.717) is 6.61 Å². The van der Waals surface area contributed by atoms with Gasteiger partial charge < -0.3 is 19.5 Å². The van der Waals surface area contributed by atoms with Crippen molar-refractivity contribution in [3.05, 3.63) is 83.1 Å². The van der Waals surface area contributed by atoms with Crippen molar-refractivity contribution in [3.63, 3.8) is 0 Å². The molecule has 3 heterocycles. The van der Waals surface area contributed by atoms with Gasteiger partial charge in [-0.05, 0) is 100 Å². The third kappa shape index (κ3) is 8.12. The van der Waals surface area contributed by atoms with Gasteiger partial charge in [0, 0.05) is 42.1 Å². The highest BCUT2D eigenvalue weighted by Gasteiger charge is 2.23. The Hall–Kier alpha value is -4.47. The fourth-order valence-corrected chi connectivity index (χ4v) is 5.41. The number of nitrogens with zero attached hydrogens (tertiary/aromatic N) is 4. The molecule has 0 saturated carbocycles. The Morgan fingerprint density at radius 3 is 2.70 bits per heavy atom. The van der Waals surface area contributed by atoms with Crippen molar-refractivity contribution in [1.82, 2.24) is 25.1 Å². The number of carbonyl (C=O) groups excluding carboxylic acids is 2. The van der Waals surface area contributed by atoms with Crippen LogP contribution in [0.25, 0.3) is 10.9 Å². The van der Waals surface area contributed by atoms with E-state index in [1.807, 2.05) is 49.7 Å². The highest BCUT2D eigenvalue weighted by atomic mass is 16.6. The molecule has 0 aliphatic heterocycles. The van der Waals surface area contributed by atoms with Crippen molar-refractivity contribution in [2.24, 2.45) is 0 Å². The number of aryl methyl sites for hydroxylation is 2. The summed E-state index contributed by atoms with van der Waals surface area (Å²) in [7, 11) is 0. The molecule has 1 unspecified atom stereocenters. The molecule has 5 rings (SSSR count). The predicted octanol–water partition coefficient (Wildman–Crippen LogP) is 5.89. The van der Waals surface area contributed by atoms with Crippen molar-refractivity contribution in [2.45, 2.75) is 84.4 Å². The molecule has 0 spiro atoms. The molecule has 1 aromatic carbocycles. The van der Waals surface area contributed by atoms with E-state index in [-0.39, 0.29) is 25.5 Å². The third-order valence-electron chi connectivity index (χ3n) is 7.43. The molecule has 1 amide bonds. The number of amides is 1. The Morgan fingerprint density at radius 2 is 1.89 bits per heavy atom. The minimum absolute atomic E-state index is 0.0707. The van der Waals surface area contributed by atoms with E-state index in [1.54, 1.807) is 25.5 Å². The molecule has 0 saturated heterocycles. The summed E-state index contributed by atoms with van der Waals surface area (Å²) >= 11 is 0. The van der Waals surface area contributed by atoms with Crippen LogP contribution in [0.3, 0.4) is 0 Å². The van der Waals surface area contributed by atoms with E-state index in [1.165, 1.54) is 24.1 Å². The average molecular weight is 600 g/mol. The van der Waals surface area contributed by atoms with Crippen LogP contribution in [0.1, 0.15) is 81.1 Å². The largest absolute Gasteiger partial charge is 0.493 e. The first-order valence-electron chi connectivity index (χ1n) is 15.3. The quantitative estimate of drug-likeness (QED) is 0.212. The highest BCUT2D eigenvalue weighted by molar-refractivity contribution is 5.81. The van der Waals surface area contributed by atoms with Crippen molar-refractivity contribution >= 4 is 23.0 Å². The SMILES string of the molecule is CCOC(=O)CC(c1cncc(CNC(=O)OC(C)(C)C)c1)n1ncc2cc(OCCc3ccc4c(n3)CCCC4)ccc21. The van der Waals surface area contributed by atoms with Crippen LogP contribution < -0.4 is 10.1 Å². The van der Waals surface area contributed by atoms with Crippen LogP contribution in [-0.2, 0) is 40.1 Å². The lowest BCUT2D eigenvalue weighted by molar-refractivity contribution is -0.143. The molecule has 1 atom stereocenters. The zero-order valence-electron chi connectivity index (χ0n) is 26.0. The van der Waals surface area contributed by atoms with Crippen LogP contribution in [-0.4, -0.2) is 50.6 Å². The standard InChI is InChI=1S/C34H41N5O5/c1-5-42-32(40)18-31(25-16-23(19-35-21-25)20-36-33(41)44-34(2,3)4)39-30-13-12-28(17-26(30)22-37-39)43-15-14-27-11-10-24-8-6-7-9-29(24)38-27/h10-13,16-17,19,21-22,31H,5-9,14-15,18,20H2,1-4H3,(H,36,41). The molecular weight excluding hydrogens is 558 g/mol. The van der Waals surface area contributed by atoms with Crippen LogP contribution in [0.15, 0.2) is 55.0 Å². The summed E-state index contributed by atoms with van der Waals surface area (Å²) in [5, 5.41) is 8.31. The van der Waals surface area contributed by atoms with E-state index >= 15 is 0 Å². The highest BCUT2D eigenvalue weighted by Crippen LogP contribution is 2.29. The van der Waals surface area contributed by atoms with Gasteiger partial charge in [-0.15, -0.1) is 0 Å². The van der Waals surface area contributed by atoms with Crippen LogP contribution in [0, 0.1) is 0 Å². The number of rotatable bonds is 11. The third-order valence-corrected chi connectivity index (χ3v) is 7.43. The minimum atomic E-state index is -0.598. The lowest BCUT2D eigenvalue weighted by atomic mass is 9.96. The second-order valence-corrected chi connectivity index (χ2v) is 12.0. The number of alkyl carbamates (subject to hydrolysis) is 1. The Kier molecular flexibility index (Phi) is 9.77. The number of hydrogen-bond donors (Lipinski definition) is 1. The van der Waals surface area contributed by atoms with Gasteiger partial charge in [0.1, 0.15) is 11.4 Å². The van der Waals surface area contributed by atoms with Gasteiger partial charge in [-0.1, -0.05) is 6.07 Å². The maximum Gasteiger partial charge on any atom is 0.407 e. The molecule has 0 radical (unpaired) electrons. The second kappa shape index (κ2) is 13.9. The fraction of sp³-hybridized carbons (Fsp3) is 0.441. The monoisotopic (exact) mass is 599 g/mol. The van der Waals surface area contributed by atoms with Gasteiger partial charge in [0.05, 0.1) is 37.4 Å². The van der Waals surface area contributed by atoms with E-state index < -0.39 is 17.7 Å². The summed E-state index contributed by atoms with van der Waals surface area (Å²) in [4.78, 5) is 34.1. The number of ether oxygens (including phenoxy) is 3. The molecule has 0 bridgehead atoms. The summed E-state index contributed by atoms with van der Waals surface area (Å²) < 4.78 is 18.5. The van der Waals surface area contributed by atoms with Gasteiger partial charge in [0.15, 0.2) is 0 Å². The van der Waals surface area contributed by atoms with Gasteiger partial charge in [0.25, 0.3) is 0 Å². The van der Waals surface area contributed by atoms with Crippen LogP contribution in [0.5, 0.6) is 5.75 Å². The Morgan fingerprint density at radius 1 is 1.05 bits per heavy atom. The molecule has 44 heavy (non-hydrogen) atoms. The molecular formula is C34H41N5O5. The maximum atomic E-state index is 12.7. The molecule has 3 aromatic heterocycles. The first-order chi connectivity index (χ1) is 21.2. The molecule has 4 aromatic rings. The summed E-state index contributed by atoms with van der Waals surface area (Å²) in [5.41, 5.74) is 5.45. The molecule has 1 N–H and O–H groups in total. The van der Waals surface area contributed by atoms with Crippen LogP contribution >= 0.6 is 0 Å². The first kappa shape index (κ1) is 31.0. The summed E-state index contributed by atoms with van der Waals surface area (Å²) in [6.45, 7) is 8.24. The molecule has 10 nitrogen and oxygen atoms in total. The number of esters is 1. The van der Waals surface area contributed by atoms with Gasteiger partial charge in [-0.2, -0.15) is 5.10 Å². The van der Waals surface area contributed by atoms with Crippen molar-refractivity contribution in [1.29, 1.82) is 0 Å². The molecule has 232 valence electrons. The lowest BCUT2D eigenvalue weighted by Crippen LogP contribution is -2.32. The zero-order valence-corrected chi connectivity index (χ0v) is 26.0. The van der Waals surface area contributed by atoms with Gasteiger partial charge >= 0.3 is 12.1 Å². The molecule has 1 aliphatic rings. The number of fused-ring (bicyclic) bond motifs is 2. The Bertz CT molecular complexity index is 1610. The summed E-state index contributed by atoms with van der Waals surface area (Å²) in [6.07, 6.45) is 10.1. The summed E-state index contributed by atoms with van der Waals surface area (Å²) in [6, 6.07) is 11.6. The molecule has 0 fully saturated rings. The van der Waals surface area contributed by atoms with E-state index in [0.717, 1.165) is 52.7 Å².